The number of carbonyl (C=O) groups excluding carboxylic acids is 3. The Morgan fingerprint density at radius 2 is 2.00 bits per heavy atom. The molecule has 1 atom stereocenters. The number of alkyl halides is 3. The van der Waals surface area contributed by atoms with Crippen molar-refractivity contribution in [1.82, 2.24) is 10.2 Å². The number of nitrogens with one attached hydrogen (secondary N) is 1. The van der Waals surface area contributed by atoms with Crippen molar-refractivity contribution < 1.29 is 32.3 Å². The molecule has 0 aliphatic carbocycles. The lowest BCUT2D eigenvalue weighted by Crippen LogP contribution is -2.50. The third-order valence-corrected chi connectivity index (χ3v) is 3.45. The van der Waals surface area contributed by atoms with Crippen LogP contribution in [0.5, 0.6) is 0 Å². The number of esters is 1. The number of nitrogens with zero attached hydrogens (tertiary/aromatic N) is 1. The van der Waals surface area contributed by atoms with Crippen molar-refractivity contribution in [2.45, 2.75) is 51.2 Å². The molecule has 1 rings (SSSR count). The second-order valence-corrected chi connectivity index (χ2v) is 5.27. The Bertz CT molecular complexity index is 440. The summed E-state index contributed by atoms with van der Waals surface area (Å²) in [5.41, 5.74) is 0. The molecule has 0 unspecified atom stereocenters. The minimum absolute atomic E-state index is 0.0334. The second-order valence-electron chi connectivity index (χ2n) is 5.27. The van der Waals surface area contributed by atoms with Crippen LogP contribution in [0.25, 0.3) is 0 Å². The summed E-state index contributed by atoms with van der Waals surface area (Å²) in [6.45, 7) is 2.12. The molecule has 9 heteroatoms. The third kappa shape index (κ3) is 6.07. The van der Waals surface area contributed by atoms with Gasteiger partial charge in [0.2, 0.25) is 5.91 Å². The molecule has 1 aliphatic heterocycles. The first-order valence-electron chi connectivity index (χ1n) is 7.58. The number of hydrogen-bond donors (Lipinski definition) is 1. The van der Waals surface area contributed by atoms with Crippen LogP contribution >= 0.6 is 0 Å². The fourth-order valence-corrected chi connectivity index (χ4v) is 2.25. The normalized spacial score (nSPS) is 17.9. The average molecular weight is 338 g/mol. The smallest absolute Gasteiger partial charge is 0.466 e. The zero-order chi connectivity index (χ0) is 17.5. The molecule has 1 fully saturated rings. The van der Waals surface area contributed by atoms with E-state index < -0.39 is 30.0 Å². The highest BCUT2D eigenvalue weighted by Crippen LogP contribution is 2.25. The summed E-state index contributed by atoms with van der Waals surface area (Å²) in [6, 6.07) is -1.14. The van der Waals surface area contributed by atoms with Gasteiger partial charge < -0.3 is 15.0 Å². The summed E-state index contributed by atoms with van der Waals surface area (Å²) in [7, 11) is 0. The van der Waals surface area contributed by atoms with Crippen molar-refractivity contribution in [3.8, 4) is 0 Å². The first-order chi connectivity index (χ1) is 10.8. The van der Waals surface area contributed by atoms with Gasteiger partial charge in [-0.15, -0.1) is 0 Å². The van der Waals surface area contributed by atoms with Crippen LogP contribution in [0.2, 0.25) is 0 Å². The first-order valence-corrected chi connectivity index (χ1v) is 7.58. The molecule has 1 aliphatic rings. The maximum Gasteiger partial charge on any atom is 0.471 e. The van der Waals surface area contributed by atoms with Gasteiger partial charge in [-0.3, -0.25) is 14.4 Å². The topological polar surface area (TPSA) is 75.7 Å². The highest BCUT2D eigenvalue weighted by molar-refractivity contribution is 5.90. The molecule has 0 aromatic rings. The van der Waals surface area contributed by atoms with E-state index in [0.717, 1.165) is 12.8 Å². The molecule has 0 bridgehead atoms. The summed E-state index contributed by atoms with van der Waals surface area (Å²) in [6.07, 6.45) is -2.92. The minimum atomic E-state index is -4.99. The van der Waals surface area contributed by atoms with Crippen molar-refractivity contribution in [2.24, 2.45) is 0 Å². The third-order valence-electron chi connectivity index (χ3n) is 3.45. The molecule has 0 radical (unpaired) electrons. The van der Waals surface area contributed by atoms with E-state index in [0.29, 0.717) is 17.9 Å². The van der Waals surface area contributed by atoms with E-state index in [-0.39, 0.29) is 25.9 Å². The second kappa shape index (κ2) is 8.73. The molecule has 2 amide bonds. The molecule has 0 aromatic carbocycles. The fraction of sp³-hybridized carbons (Fsp3) is 0.786. The molecular weight excluding hydrogens is 317 g/mol. The number of ether oxygens (including phenoxy) is 1. The number of unbranched alkanes of at least 4 members (excludes halogenated alkanes) is 1. The van der Waals surface area contributed by atoms with E-state index in [1.807, 2.05) is 6.92 Å². The maximum atomic E-state index is 12.5. The lowest BCUT2D eigenvalue weighted by Gasteiger charge is -2.24. The maximum absolute atomic E-state index is 12.5. The predicted octanol–water partition coefficient (Wildman–Crippen LogP) is 1.39. The van der Waals surface area contributed by atoms with Crippen molar-refractivity contribution in [1.29, 1.82) is 0 Å². The number of rotatable bonds is 7. The summed E-state index contributed by atoms with van der Waals surface area (Å²) in [5, 5.41) is 2.38. The predicted molar refractivity (Wildman–Crippen MR) is 74.3 cm³/mol. The van der Waals surface area contributed by atoms with E-state index in [4.69, 9.17) is 4.74 Å². The fourth-order valence-electron chi connectivity index (χ4n) is 2.25. The molecule has 132 valence electrons. The molecule has 0 spiro atoms. The van der Waals surface area contributed by atoms with E-state index in [1.165, 1.54) is 0 Å². The van der Waals surface area contributed by atoms with Gasteiger partial charge in [0.25, 0.3) is 0 Å². The molecule has 0 saturated carbocycles. The van der Waals surface area contributed by atoms with Crippen LogP contribution in [0.1, 0.15) is 39.0 Å². The number of halogens is 3. The quantitative estimate of drug-likeness (QED) is 0.562. The lowest BCUT2D eigenvalue weighted by molar-refractivity contribution is -0.186. The Balaban J connectivity index is 2.39. The Hall–Kier alpha value is -1.80. The molecular formula is C14H21F3N2O4. The van der Waals surface area contributed by atoms with Crippen LogP contribution in [-0.2, 0) is 19.1 Å². The monoisotopic (exact) mass is 338 g/mol. The van der Waals surface area contributed by atoms with Gasteiger partial charge >= 0.3 is 18.1 Å². The van der Waals surface area contributed by atoms with Crippen LogP contribution in [0.15, 0.2) is 0 Å². The Kier molecular flexibility index (Phi) is 7.31. The first kappa shape index (κ1) is 19.2. The Morgan fingerprint density at radius 1 is 1.30 bits per heavy atom. The van der Waals surface area contributed by atoms with Crippen LogP contribution in [-0.4, -0.2) is 54.6 Å². The number of carbonyl (C=O) groups is 3. The van der Waals surface area contributed by atoms with E-state index in [9.17, 15) is 27.6 Å². The van der Waals surface area contributed by atoms with Gasteiger partial charge in [-0.05, 0) is 19.3 Å². The lowest BCUT2D eigenvalue weighted by atomic mass is 10.2. The van der Waals surface area contributed by atoms with Crippen molar-refractivity contribution in [2.75, 3.05) is 19.7 Å². The van der Waals surface area contributed by atoms with Crippen LogP contribution in [0, 0.1) is 0 Å². The van der Waals surface area contributed by atoms with Gasteiger partial charge in [0.05, 0.1) is 13.0 Å². The highest BCUT2D eigenvalue weighted by Gasteiger charge is 2.47. The summed E-state index contributed by atoms with van der Waals surface area (Å²) in [5.74, 6) is -3.16. The molecule has 1 saturated heterocycles. The zero-order valence-corrected chi connectivity index (χ0v) is 12.9. The van der Waals surface area contributed by atoms with Gasteiger partial charge in [0, 0.05) is 13.1 Å². The van der Waals surface area contributed by atoms with Crippen LogP contribution in [0.4, 0.5) is 13.2 Å². The standard InChI is InChI=1S/C14H21F3N2O4/c1-2-3-9-23-11(20)6-7-18-12(21)10-5-4-8-19(10)13(22)14(15,16)17/h10H,2-9H2,1H3,(H,18,21)/t10-/m0/s1. The number of likely N-dealkylation sites (tertiary alicyclic amines) is 1. The Morgan fingerprint density at radius 3 is 2.61 bits per heavy atom. The van der Waals surface area contributed by atoms with Gasteiger partial charge in [-0.1, -0.05) is 13.3 Å². The van der Waals surface area contributed by atoms with E-state index >= 15 is 0 Å². The molecule has 6 nitrogen and oxygen atoms in total. The number of amides is 2. The van der Waals surface area contributed by atoms with E-state index in [1.54, 1.807) is 0 Å². The summed E-state index contributed by atoms with van der Waals surface area (Å²) < 4.78 is 42.3. The largest absolute Gasteiger partial charge is 0.471 e. The average Bonchev–Trinajstić information content (AvgIpc) is 2.94. The number of hydrogen-bond acceptors (Lipinski definition) is 4. The molecule has 0 aromatic heterocycles. The highest BCUT2D eigenvalue weighted by atomic mass is 19.4. The van der Waals surface area contributed by atoms with Gasteiger partial charge in [0.15, 0.2) is 0 Å². The summed E-state index contributed by atoms with van der Waals surface area (Å²) >= 11 is 0. The van der Waals surface area contributed by atoms with Crippen molar-refractivity contribution >= 4 is 17.8 Å². The van der Waals surface area contributed by atoms with Crippen LogP contribution in [0.3, 0.4) is 0 Å². The molecule has 1 N–H and O–H groups in total. The van der Waals surface area contributed by atoms with Gasteiger partial charge in [-0.2, -0.15) is 13.2 Å². The minimum Gasteiger partial charge on any atom is -0.466 e. The van der Waals surface area contributed by atoms with Crippen molar-refractivity contribution in [3.05, 3.63) is 0 Å². The van der Waals surface area contributed by atoms with Gasteiger partial charge in [-0.25, -0.2) is 0 Å². The van der Waals surface area contributed by atoms with E-state index in [2.05, 4.69) is 5.32 Å². The SMILES string of the molecule is CCCCOC(=O)CCNC(=O)[C@@H]1CCCN1C(=O)C(F)(F)F. The molecule has 23 heavy (non-hydrogen) atoms. The Labute approximate surface area is 132 Å². The summed E-state index contributed by atoms with van der Waals surface area (Å²) in [4.78, 5) is 35.0. The van der Waals surface area contributed by atoms with Crippen LogP contribution < -0.4 is 5.32 Å². The zero-order valence-electron chi connectivity index (χ0n) is 12.9. The van der Waals surface area contributed by atoms with Gasteiger partial charge in [0.1, 0.15) is 6.04 Å². The van der Waals surface area contributed by atoms with Crippen molar-refractivity contribution in [3.63, 3.8) is 0 Å². The molecule has 1 heterocycles.